The Morgan fingerprint density at radius 1 is 1.42 bits per heavy atom. The molecule has 106 valence electrons. The first-order valence-corrected chi connectivity index (χ1v) is 6.78. The molecule has 0 aliphatic carbocycles. The van der Waals surface area contributed by atoms with Crippen molar-refractivity contribution in [1.29, 1.82) is 0 Å². The monoisotopic (exact) mass is 331 g/mol. The molecule has 0 aliphatic rings. The van der Waals surface area contributed by atoms with Gasteiger partial charge in [-0.2, -0.15) is 0 Å². The van der Waals surface area contributed by atoms with Crippen LogP contribution in [0.4, 0.5) is 15.8 Å². The molecule has 1 rings (SSSR count). The highest BCUT2D eigenvalue weighted by Gasteiger charge is 2.13. The number of carbonyl (C=O) groups is 1. The molecule has 0 spiro atoms. The molecule has 0 aliphatic heterocycles. The number of amides is 1. The van der Waals surface area contributed by atoms with E-state index in [1.807, 2.05) is 20.8 Å². The number of anilines is 2. The molecule has 4 N–H and O–H groups in total. The van der Waals surface area contributed by atoms with E-state index in [0.717, 1.165) is 0 Å². The lowest BCUT2D eigenvalue weighted by atomic mass is 10.1. The van der Waals surface area contributed by atoms with Gasteiger partial charge in [-0.1, -0.05) is 0 Å². The van der Waals surface area contributed by atoms with Crippen molar-refractivity contribution in [2.45, 2.75) is 32.7 Å². The van der Waals surface area contributed by atoms with Gasteiger partial charge in [0.05, 0.1) is 15.8 Å². The summed E-state index contributed by atoms with van der Waals surface area (Å²) in [4.78, 5) is 11.6. The van der Waals surface area contributed by atoms with Gasteiger partial charge in [-0.05, 0) is 42.8 Å². The number of hydrogen-bond donors (Lipinski definition) is 3. The summed E-state index contributed by atoms with van der Waals surface area (Å²) in [5.74, 6) is -0.451. The molecule has 0 saturated heterocycles. The molecule has 0 heterocycles. The molecule has 0 bridgehead atoms. The lowest BCUT2D eigenvalue weighted by molar-refractivity contribution is -0.122. The van der Waals surface area contributed by atoms with Gasteiger partial charge in [-0.15, -0.1) is 0 Å². The highest BCUT2D eigenvalue weighted by atomic mass is 79.9. The van der Waals surface area contributed by atoms with Gasteiger partial charge in [0, 0.05) is 24.6 Å². The zero-order valence-electron chi connectivity index (χ0n) is 11.3. The smallest absolute Gasteiger partial charge is 0.222 e. The summed E-state index contributed by atoms with van der Waals surface area (Å²) in [7, 11) is 0. The number of benzene rings is 1. The van der Waals surface area contributed by atoms with Crippen LogP contribution in [-0.2, 0) is 4.79 Å². The quantitative estimate of drug-likeness (QED) is 0.743. The maximum absolute atomic E-state index is 13.2. The number of halogens is 2. The van der Waals surface area contributed by atoms with Gasteiger partial charge >= 0.3 is 0 Å². The number of nitrogen functional groups attached to an aromatic ring is 1. The molecule has 1 aromatic carbocycles. The average Bonchev–Trinajstić information content (AvgIpc) is 2.22. The summed E-state index contributed by atoms with van der Waals surface area (Å²) in [5, 5.41) is 5.88. The van der Waals surface area contributed by atoms with Crippen molar-refractivity contribution in [2.75, 3.05) is 17.6 Å². The summed E-state index contributed by atoms with van der Waals surface area (Å²) >= 11 is 3.09. The molecule has 1 amide bonds. The maximum atomic E-state index is 13.2. The third-order valence-electron chi connectivity index (χ3n) is 2.27. The second-order valence-electron chi connectivity index (χ2n) is 5.33. The van der Waals surface area contributed by atoms with Crippen LogP contribution >= 0.6 is 15.9 Å². The van der Waals surface area contributed by atoms with Crippen molar-refractivity contribution in [3.05, 3.63) is 22.4 Å². The van der Waals surface area contributed by atoms with Gasteiger partial charge in [-0.25, -0.2) is 4.39 Å². The zero-order chi connectivity index (χ0) is 14.6. The molecular formula is C13H19BrFN3O. The van der Waals surface area contributed by atoms with Crippen LogP contribution in [0.25, 0.3) is 0 Å². The summed E-state index contributed by atoms with van der Waals surface area (Å²) in [6.07, 6.45) is 0.325. The largest absolute Gasteiger partial charge is 0.397 e. The Balaban J connectivity index is 2.50. The molecule has 0 radical (unpaired) electrons. The number of carbonyl (C=O) groups excluding carboxylic acids is 1. The minimum Gasteiger partial charge on any atom is -0.397 e. The van der Waals surface area contributed by atoms with E-state index in [0.29, 0.717) is 28.8 Å². The Labute approximate surface area is 121 Å². The van der Waals surface area contributed by atoms with Crippen LogP contribution in [0.3, 0.4) is 0 Å². The van der Waals surface area contributed by atoms with Gasteiger partial charge in [0.15, 0.2) is 0 Å². The van der Waals surface area contributed by atoms with E-state index in [-0.39, 0.29) is 11.4 Å². The van der Waals surface area contributed by atoms with Crippen LogP contribution < -0.4 is 16.4 Å². The van der Waals surface area contributed by atoms with Crippen molar-refractivity contribution in [1.82, 2.24) is 5.32 Å². The van der Waals surface area contributed by atoms with Crippen molar-refractivity contribution < 1.29 is 9.18 Å². The number of nitrogens with two attached hydrogens (primary N) is 1. The Kier molecular flexibility index (Phi) is 5.17. The van der Waals surface area contributed by atoms with E-state index in [1.165, 1.54) is 6.07 Å². The molecule has 0 aromatic heterocycles. The van der Waals surface area contributed by atoms with Crippen molar-refractivity contribution in [3.8, 4) is 0 Å². The standard InChI is InChI=1S/C13H19BrFN3O/c1-13(2,3)18-12(19)4-5-17-11-6-8(14)9(15)7-10(11)16/h6-7,17H,4-5,16H2,1-3H3,(H,18,19). The zero-order valence-corrected chi connectivity index (χ0v) is 12.9. The molecular weight excluding hydrogens is 313 g/mol. The third-order valence-corrected chi connectivity index (χ3v) is 2.88. The third kappa shape index (κ3) is 5.46. The van der Waals surface area contributed by atoms with Crippen LogP contribution in [0.1, 0.15) is 27.2 Å². The lowest BCUT2D eigenvalue weighted by Gasteiger charge is -2.20. The van der Waals surface area contributed by atoms with Crippen LogP contribution in [-0.4, -0.2) is 18.0 Å². The van der Waals surface area contributed by atoms with E-state index in [2.05, 4.69) is 26.6 Å². The molecule has 0 atom stereocenters. The fourth-order valence-corrected chi connectivity index (χ4v) is 1.85. The van der Waals surface area contributed by atoms with E-state index in [1.54, 1.807) is 6.07 Å². The second kappa shape index (κ2) is 6.23. The Bertz CT molecular complexity index is 472. The van der Waals surface area contributed by atoms with Gasteiger partial charge < -0.3 is 16.4 Å². The fraction of sp³-hybridized carbons (Fsp3) is 0.462. The number of hydrogen-bond acceptors (Lipinski definition) is 3. The predicted molar refractivity (Wildman–Crippen MR) is 79.5 cm³/mol. The highest BCUT2D eigenvalue weighted by molar-refractivity contribution is 9.10. The number of rotatable bonds is 4. The molecule has 19 heavy (non-hydrogen) atoms. The minimum atomic E-state index is -0.409. The maximum Gasteiger partial charge on any atom is 0.222 e. The molecule has 0 saturated carbocycles. The van der Waals surface area contributed by atoms with Crippen molar-refractivity contribution >= 4 is 33.2 Å². The van der Waals surface area contributed by atoms with Crippen molar-refractivity contribution in [3.63, 3.8) is 0 Å². The first kappa shape index (κ1) is 15.8. The molecule has 0 fully saturated rings. The second-order valence-corrected chi connectivity index (χ2v) is 6.18. The van der Waals surface area contributed by atoms with E-state index in [9.17, 15) is 9.18 Å². The Morgan fingerprint density at radius 2 is 2.05 bits per heavy atom. The Hall–Kier alpha value is -1.30. The summed E-state index contributed by atoms with van der Waals surface area (Å²) in [5.41, 5.74) is 6.37. The number of nitrogens with one attached hydrogen (secondary N) is 2. The van der Waals surface area contributed by atoms with Gasteiger partial charge in [0.1, 0.15) is 5.82 Å². The SMILES string of the molecule is CC(C)(C)NC(=O)CCNc1cc(Br)c(F)cc1N. The minimum absolute atomic E-state index is 0.0419. The summed E-state index contributed by atoms with van der Waals surface area (Å²) < 4.78 is 13.5. The van der Waals surface area contributed by atoms with Crippen LogP contribution in [0.15, 0.2) is 16.6 Å². The fourth-order valence-electron chi connectivity index (χ4n) is 1.51. The molecule has 4 nitrogen and oxygen atoms in total. The van der Waals surface area contributed by atoms with Gasteiger partial charge in [0.2, 0.25) is 5.91 Å². The van der Waals surface area contributed by atoms with Crippen molar-refractivity contribution in [2.24, 2.45) is 0 Å². The molecule has 0 unspecified atom stereocenters. The van der Waals surface area contributed by atoms with Crippen LogP contribution in [0.2, 0.25) is 0 Å². The average molecular weight is 332 g/mol. The van der Waals surface area contributed by atoms with Crippen LogP contribution in [0.5, 0.6) is 0 Å². The Morgan fingerprint density at radius 3 is 2.63 bits per heavy atom. The van der Waals surface area contributed by atoms with E-state index in [4.69, 9.17) is 5.73 Å². The first-order valence-electron chi connectivity index (χ1n) is 5.98. The van der Waals surface area contributed by atoms with E-state index < -0.39 is 5.82 Å². The predicted octanol–water partition coefficient (Wildman–Crippen LogP) is 2.89. The van der Waals surface area contributed by atoms with E-state index >= 15 is 0 Å². The topological polar surface area (TPSA) is 67.2 Å². The van der Waals surface area contributed by atoms with Gasteiger partial charge in [0.25, 0.3) is 0 Å². The lowest BCUT2D eigenvalue weighted by Crippen LogP contribution is -2.41. The normalized spacial score (nSPS) is 11.2. The van der Waals surface area contributed by atoms with Gasteiger partial charge in [-0.3, -0.25) is 4.79 Å². The molecule has 6 heteroatoms. The summed E-state index contributed by atoms with van der Waals surface area (Å²) in [6, 6.07) is 2.80. The van der Waals surface area contributed by atoms with Crippen LogP contribution in [0, 0.1) is 5.82 Å². The highest BCUT2D eigenvalue weighted by Crippen LogP contribution is 2.26. The summed E-state index contributed by atoms with van der Waals surface area (Å²) in [6.45, 7) is 6.21. The first-order chi connectivity index (χ1) is 8.69. The molecule has 1 aromatic rings.